The van der Waals surface area contributed by atoms with E-state index >= 15 is 0 Å². The van der Waals surface area contributed by atoms with Gasteiger partial charge in [-0.3, -0.25) is 4.79 Å². The molecule has 0 bridgehead atoms. The van der Waals surface area contributed by atoms with Crippen LogP contribution in [0.3, 0.4) is 0 Å². The topological polar surface area (TPSA) is 78.1 Å². The molecule has 2 N–H and O–H groups in total. The van der Waals surface area contributed by atoms with Crippen LogP contribution in [0.25, 0.3) is 0 Å². The number of furan rings is 1. The Morgan fingerprint density at radius 1 is 1.60 bits per heavy atom. The Bertz CT molecular complexity index is 709. The van der Waals surface area contributed by atoms with E-state index < -0.39 is 0 Å². The summed E-state index contributed by atoms with van der Waals surface area (Å²) in [6.45, 7) is 3.41. The number of fused-ring (bicyclic) bond motifs is 1. The van der Waals surface area contributed by atoms with Crippen molar-refractivity contribution >= 4 is 22.2 Å². The molecule has 0 atom stereocenters. The third kappa shape index (κ3) is 2.22. The number of carbonyl (C=O) groups is 1. The Labute approximate surface area is 120 Å². The number of nitrogens with one attached hydrogen (secondary N) is 2. The lowest BCUT2D eigenvalue weighted by Crippen LogP contribution is -2.22. The van der Waals surface area contributed by atoms with Gasteiger partial charge in [-0.2, -0.15) is 5.26 Å². The van der Waals surface area contributed by atoms with E-state index in [0.717, 1.165) is 30.0 Å². The van der Waals surface area contributed by atoms with Gasteiger partial charge in [0.2, 0.25) is 0 Å². The fourth-order valence-corrected chi connectivity index (χ4v) is 3.44. The van der Waals surface area contributed by atoms with Crippen LogP contribution in [-0.4, -0.2) is 12.5 Å². The summed E-state index contributed by atoms with van der Waals surface area (Å²) in [5, 5.41) is 16.0. The van der Waals surface area contributed by atoms with Gasteiger partial charge in [0.1, 0.15) is 23.1 Å². The Kier molecular flexibility index (Phi) is 3.30. The van der Waals surface area contributed by atoms with Crippen LogP contribution < -0.4 is 10.6 Å². The van der Waals surface area contributed by atoms with Crippen LogP contribution in [-0.2, 0) is 13.0 Å². The van der Waals surface area contributed by atoms with E-state index in [-0.39, 0.29) is 5.91 Å². The second-order valence-corrected chi connectivity index (χ2v) is 5.75. The second kappa shape index (κ2) is 5.12. The van der Waals surface area contributed by atoms with Crippen molar-refractivity contribution in [2.24, 2.45) is 0 Å². The number of rotatable bonds is 2. The second-order valence-electron chi connectivity index (χ2n) is 4.65. The van der Waals surface area contributed by atoms with E-state index in [2.05, 4.69) is 16.7 Å². The van der Waals surface area contributed by atoms with Crippen LogP contribution in [0, 0.1) is 18.3 Å². The highest BCUT2D eigenvalue weighted by molar-refractivity contribution is 7.16. The maximum atomic E-state index is 12.1. The lowest BCUT2D eigenvalue weighted by Gasteiger charge is -2.11. The maximum absolute atomic E-state index is 12.1. The normalized spacial score (nSPS) is 13.6. The first-order chi connectivity index (χ1) is 9.69. The van der Waals surface area contributed by atoms with Gasteiger partial charge >= 0.3 is 0 Å². The van der Waals surface area contributed by atoms with Gasteiger partial charge in [-0.15, -0.1) is 11.3 Å². The lowest BCUT2D eigenvalue weighted by atomic mass is 10.1. The molecule has 20 heavy (non-hydrogen) atoms. The molecule has 1 aliphatic heterocycles. The van der Waals surface area contributed by atoms with E-state index in [1.165, 1.54) is 17.6 Å². The van der Waals surface area contributed by atoms with Crippen LogP contribution in [0.4, 0.5) is 5.00 Å². The monoisotopic (exact) mass is 287 g/mol. The Morgan fingerprint density at radius 3 is 3.15 bits per heavy atom. The predicted octanol–water partition coefficient (Wildman–Crippen LogP) is 2.42. The number of hydrogen-bond donors (Lipinski definition) is 2. The fourth-order valence-electron chi connectivity index (χ4n) is 2.28. The van der Waals surface area contributed by atoms with Gasteiger partial charge in [-0.05, 0) is 31.5 Å². The molecule has 6 heteroatoms. The van der Waals surface area contributed by atoms with Crippen LogP contribution in [0.5, 0.6) is 0 Å². The third-order valence-electron chi connectivity index (χ3n) is 3.26. The number of carbonyl (C=O) groups excluding carboxylic acids is 1. The minimum absolute atomic E-state index is 0.245. The average Bonchev–Trinajstić information content (AvgIpc) is 3.01. The number of thiophene rings is 1. The fraction of sp³-hybridized carbons (Fsp3) is 0.286. The van der Waals surface area contributed by atoms with Gasteiger partial charge in [0, 0.05) is 11.4 Å². The molecule has 0 aliphatic carbocycles. The summed E-state index contributed by atoms with van der Waals surface area (Å²) in [7, 11) is 0. The van der Waals surface area contributed by atoms with E-state index in [9.17, 15) is 10.1 Å². The van der Waals surface area contributed by atoms with Crippen molar-refractivity contribution in [3.05, 3.63) is 39.7 Å². The summed E-state index contributed by atoms with van der Waals surface area (Å²) in [5.41, 5.74) is 2.13. The van der Waals surface area contributed by atoms with E-state index in [1.54, 1.807) is 13.0 Å². The summed E-state index contributed by atoms with van der Waals surface area (Å²) < 4.78 is 5.13. The molecule has 3 heterocycles. The molecule has 3 rings (SSSR count). The quantitative estimate of drug-likeness (QED) is 0.889. The Morgan fingerprint density at radius 2 is 2.45 bits per heavy atom. The number of amides is 1. The van der Waals surface area contributed by atoms with Gasteiger partial charge < -0.3 is 15.1 Å². The highest BCUT2D eigenvalue weighted by Gasteiger charge is 2.22. The van der Waals surface area contributed by atoms with Crippen LogP contribution >= 0.6 is 11.3 Å². The molecule has 2 aromatic rings. The van der Waals surface area contributed by atoms with Gasteiger partial charge in [-0.25, -0.2) is 0 Å². The largest absolute Gasteiger partial charge is 0.469 e. The van der Waals surface area contributed by atoms with Gasteiger partial charge in [-0.1, -0.05) is 0 Å². The Hall–Kier alpha value is -2.10. The van der Waals surface area contributed by atoms with Crippen LogP contribution in [0.1, 0.15) is 32.1 Å². The number of aryl methyl sites for hydroxylation is 1. The van der Waals surface area contributed by atoms with E-state index in [4.69, 9.17) is 4.42 Å². The number of anilines is 1. The smallest absolute Gasteiger partial charge is 0.259 e. The summed E-state index contributed by atoms with van der Waals surface area (Å²) in [6.07, 6.45) is 2.25. The predicted molar refractivity (Wildman–Crippen MR) is 75.8 cm³/mol. The lowest BCUT2D eigenvalue weighted by molar-refractivity contribution is 0.102. The molecule has 1 amide bonds. The molecule has 102 valence electrons. The first kappa shape index (κ1) is 12.9. The summed E-state index contributed by atoms with van der Waals surface area (Å²) in [4.78, 5) is 13.2. The summed E-state index contributed by atoms with van der Waals surface area (Å²) >= 11 is 1.47. The highest BCUT2D eigenvalue weighted by Crippen LogP contribution is 2.35. The minimum atomic E-state index is -0.245. The zero-order chi connectivity index (χ0) is 14.1. The SMILES string of the molecule is Cc1cc(C(=O)Nc2sc3c(c2C#N)CCNC3)co1. The number of hydrogen-bond acceptors (Lipinski definition) is 5. The molecular formula is C14H13N3O2S. The molecule has 0 spiro atoms. The van der Waals surface area contributed by atoms with Crippen molar-refractivity contribution in [1.82, 2.24) is 5.32 Å². The first-order valence-electron chi connectivity index (χ1n) is 6.31. The van der Waals surface area contributed by atoms with Crippen LogP contribution in [0.15, 0.2) is 16.7 Å². The van der Waals surface area contributed by atoms with E-state index in [1.807, 2.05) is 0 Å². The van der Waals surface area contributed by atoms with Crippen molar-refractivity contribution in [2.45, 2.75) is 19.9 Å². The molecule has 0 radical (unpaired) electrons. The summed E-state index contributed by atoms with van der Waals surface area (Å²) in [5.74, 6) is 0.440. The molecule has 0 fully saturated rings. The van der Waals surface area contributed by atoms with Crippen molar-refractivity contribution in [3.63, 3.8) is 0 Å². The maximum Gasteiger partial charge on any atom is 0.259 e. The van der Waals surface area contributed by atoms with Gasteiger partial charge in [0.25, 0.3) is 5.91 Å². The van der Waals surface area contributed by atoms with Gasteiger partial charge in [0.05, 0.1) is 11.1 Å². The summed E-state index contributed by atoms with van der Waals surface area (Å²) in [6, 6.07) is 3.89. The standard InChI is InChI=1S/C14H13N3O2S/c1-8-4-9(7-19-8)13(18)17-14-11(5-15)10-2-3-16-6-12(10)20-14/h4,7,16H,2-3,6H2,1H3,(H,17,18). The average molecular weight is 287 g/mol. The third-order valence-corrected chi connectivity index (χ3v) is 4.41. The molecule has 2 aromatic heterocycles. The molecule has 0 aromatic carbocycles. The first-order valence-corrected chi connectivity index (χ1v) is 7.12. The zero-order valence-corrected chi connectivity index (χ0v) is 11.8. The zero-order valence-electron chi connectivity index (χ0n) is 10.9. The van der Waals surface area contributed by atoms with Crippen molar-refractivity contribution < 1.29 is 9.21 Å². The molecule has 0 unspecified atom stereocenters. The molecule has 1 aliphatic rings. The number of nitriles is 1. The van der Waals surface area contributed by atoms with Gasteiger partial charge in [0.15, 0.2) is 0 Å². The minimum Gasteiger partial charge on any atom is -0.469 e. The Balaban J connectivity index is 1.89. The van der Waals surface area contributed by atoms with Crippen molar-refractivity contribution in [2.75, 3.05) is 11.9 Å². The molecule has 0 saturated carbocycles. The van der Waals surface area contributed by atoms with E-state index in [0.29, 0.717) is 21.9 Å². The number of nitrogens with zero attached hydrogens (tertiary/aromatic N) is 1. The molecule has 5 nitrogen and oxygen atoms in total. The van der Waals surface area contributed by atoms with Crippen LogP contribution in [0.2, 0.25) is 0 Å². The van der Waals surface area contributed by atoms with Crippen molar-refractivity contribution in [3.8, 4) is 6.07 Å². The molecular weight excluding hydrogens is 274 g/mol. The van der Waals surface area contributed by atoms with Crippen molar-refractivity contribution in [1.29, 1.82) is 5.26 Å². The highest BCUT2D eigenvalue weighted by atomic mass is 32.1. The molecule has 0 saturated heterocycles.